The molecule has 0 unspecified atom stereocenters. The number of aromatic nitrogens is 1. The van der Waals surface area contributed by atoms with E-state index >= 15 is 0 Å². The highest BCUT2D eigenvalue weighted by Gasteiger charge is 2.05. The van der Waals surface area contributed by atoms with Crippen molar-refractivity contribution in [2.24, 2.45) is 4.99 Å². The van der Waals surface area contributed by atoms with Crippen LogP contribution in [-0.2, 0) is 0 Å². The molecule has 0 aliphatic rings. The Bertz CT molecular complexity index is 600. The second-order valence-electron chi connectivity index (χ2n) is 3.42. The zero-order valence-electron chi connectivity index (χ0n) is 8.94. The van der Waals surface area contributed by atoms with E-state index in [2.05, 4.69) is 25.9 Å². The lowest BCUT2D eigenvalue weighted by Gasteiger charge is -2.02. The van der Waals surface area contributed by atoms with E-state index in [0.29, 0.717) is 16.4 Å². The summed E-state index contributed by atoms with van der Waals surface area (Å²) in [6.45, 7) is 0. The first-order chi connectivity index (χ1) is 8.56. The number of halogens is 3. The zero-order chi connectivity index (χ0) is 13.1. The van der Waals surface area contributed by atoms with Crippen LogP contribution in [0.1, 0.15) is 5.56 Å². The molecule has 0 atom stereocenters. The first kappa shape index (κ1) is 13.3. The first-order valence-electron chi connectivity index (χ1n) is 4.90. The van der Waals surface area contributed by atoms with Crippen molar-refractivity contribution in [1.29, 1.82) is 0 Å². The summed E-state index contributed by atoms with van der Waals surface area (Å²) in [5, 5.41) is 10.4. The minimum absolute atomic E-state index is 0.0538. The van der Waals surface area contributed by atoms with Gasteiger partial charge in [0.05, 0.1) is 5.02 Å². The minimum Gasteiger partial charge on any atom is -0.506 e. The van der Waals surface area contributed by atoms with Crippen molar-refractivity contribution >= 4 is 51.2 Å². The Morgan fingerprint density at radius 2 is 2.06 bits per heavy atom. The number of pyridine rings is 1. The second-order valence-corrected chi connectivity index (χ2v) is 5.18. The van der Waals surface area contributed by atoms with Gasteiger partial charge in [-0.2, -0.15) is 0 Å². The van der Waals surface area contributed by atoms with Crippen LogP contribution in [-0.4, -0.2) is 16.3 Å². The highest BCUT2D eigenvalue weighted by molar-refractivity contribution is 9.10. The van der Waals surface area contributed by atoms with Crippen LogP contribution in [0.15, 0.2) is 39.9 Å². The summed E-state index contributed by atoms with van der Waals surface area (Å²) < 4.78 is 0.870. The highest BCUT2D eigenvalue weighted by Crippen LogP contribution is 2.30. The Morgan fingerprint density at radius 1 is 1.28 bits per heavy atom. The lowest BCUT2D eigenvalue weighted by Crippen LogP contribution is -1.84. The molecule has 0 aliphatic carbocycles. The molecule has 6 heteroatoms. The summed E-state index contributed by atoms with van der Waals surface area (Å²) in [4.78, 5) is 8.20. The van der Waals surface area contributed by atoms with E-state index in [1.807, 2.05) is 6.07 Å². The van der Waals surface area contributed by atoms with Gasteiger partial charge < -0.3 is 5.11 Å². The number of nitrogens with zero attached hydrogens (tertiary/aromatic N) is 2. The van der Waals surface area contributed by atoms with Gasteiger partial charge in [-0.05, 0) is 40.2 Å². The maximum Gasteiger partial charge on any atom is 0.151 e. The number of rotatable bonds is 2. The third kappa shape index (κ3) is 3.22. The van der Waals surface area contributed by atoms with Gasteiger partial charge in [0.25, 0.3) is 0 Å². The van der Waals surface area contributed by atoms with E-state index in [-0.39, 0.29) is 10.8 Å². The molecule has 0 saturated carbocycles. The molecule has 0 saturated heterocycles. The topological polar surface area (TPSA) is 45.5 Å². The molecule has 0 fully saturated rings. The summed E-state index contributed by atoms with van der Waals surface area (Å²) in [5.41, 5.74) is 0.442. The van der Waals surface area contributed by atoms with Crippen LogP contribution in [0.4, 0.5) is 5.82 Å². The van der Waals surface area contributed by atoms with E-state index in [9.17, 15) is 5.11 Å². The fourth-order valence-corrected chi connectivity index (χ4v) is 2.01. The lowest BCUT2D eigenvalue weighted by molar-refractivity contribution is 0.475. The average Bonchev–Trinajstić information content (AvgIpc) is 2.34. The van der Waals surface area contributed by atoms with E-state index in [1.165, 1.54) is 12.3 Å². The van der Waals surface area contributed by atoms with E-state index < -0.39 is 0 Å². The van der Waals surface area contributed by atoms with Crippen LogP contribution in [0, 0.1) is 0 Å². The number of phenols is 1. The van der Waals surface area contributed by atoms with Crippen molar-refractivity contribution in [3.05, 3.63) is 50.5 Å². The van der Waals surface area contributed by atoms with Gasteiger partial charge in [0.15, 0.2) is 5.82 Å². The number of aliphatic imine (C=N–C) groups is 1. The Hall–Kier alpha value is -1.10. The standard InChI is InChI=1S/C12H7BrCl2N2O/c13-8-1-2-11(17-6-8)16-5-7-3-9(14)4-10(15)12(7)18/h1-6,18H. The van der Waals surface area contributed by atoms with Gasteiger partial charge in [-0.3, -0.25) is 0 Å². The van der Waals surface area contributed by atoms with Gasteiger partial charge in [-0.25, -0.2) is 9.98 Å². The molecular formula is C12H7BrCl2N2O. The highest BCUT2D eigenvalue weighted by atomic mass is 79.9. The van der Waals surface area contributed by atoms with Crippen molar-refractivity contribution in [1.82, 2.24) is 4.98 Å². The van der Waals surface area contributed by atoms with Crippen LogP contribution < -0.4 is 0 Å². The molecule has 0 bridgehead atoms. The first-order valence-corrected chi connectivity index (χ1v) is 6.45. The van der Waals surface area contributed by atoms with Gasteiger partial charge in [0, 0.05) is 27.5 Å². The Balaban J connectivity index is 2.31. The fraction of sp³-hybridized carbons (Fsp3) is 0. The minimum atomic E-state index is -0.0538. The van der Waals surface area contributed by atoms with Crippen molar-refractivity contribution in [3.8, 4) is 5.75 Å². The molecule has 1 heterocycles. The normalized spacial score (nSPS) is 11.1. The molecule has 1 N–H and O–H groups in total. The van der Waals surface area contributed by atoms with Crippen LogP contribution in [0.25, 0.3) is 0 Å². The number of phenolic OH excluding ortho intramolecular Hbond substituents is 1. The monoisotopic (exact) mass is 344 g/mol. The number of aromatic hydroxyl groups is 1. The average molecular weight is 346 g/mol. The third-order valence-corrected chi connectivity index (χ3v) is 3.08. The largest absolute Gasteiger partial charge is 0.506 e. The van der Waals surface area contributed by atoms with Gasteiger partial charge in [0.2, 0.25) is 0 Å². The molecule has 0 spiro atoms. The van der Waals surface area contributed by atoms with Crippen LogP contribution in [0.2, 0.25) is 10.0 Å². The van der Waals surface area contributed by atoms with E-state index in [4.69, 9.17) is 23.2 Å². The van der Waals surface area contributed by atoms with Crippen molar-refractivity contribution in [2.75, 3.05) is 0 Å². The molecule has 92 valence electrons. The molecule has 0 aliphatic heterocycles. The maximum absolute atomic E-state index is 9.73. The number of hydrogen-bond acceptors (Lipinski definition) is 3. The van der Waals surface area contributed by atoms with Gasteiger partial charge in [-0.1, -0.05) is 23.2 Å². The number of benzene rings is 1. The van der Waals surface area contributed by atoms with Crippen LogP contribution >= 0.6 is 39.1 Å². The molecule has 1 aromatic carbocycles. The Labute approximate surface area is 122 Å². The smallest absolute Gasteiger partial charge is 0.151 e. The van der Waals surface area contributed by atoms with Crippen LogP contribution in [0.3, 0.4) is 0 Å². The summed E-state index contributed by atoms with van der Waals surface area (Å²) in [6.07, 6.45) is 3.10. The molecule has 18 heavy (non-hydrogen) atoms. The molecule has 3 nitrogen and oxygen atoms in total. The summed E-state index contributed by atoms with van der Waals surface area (Å²) in [6, 6.07) is 6.60. The SMILES string of the molecule is Oc1c(Cl)cc(Cl)cc1C=Nc1ccc(Br)cn1. The zero-order valence-corrected chi connectivity index (χ0v) is 12.0. The predicted octanol–water partition coefficient (Wildman–Crippen LogP) is 4.61. The van der Waals surface area contributed by atoms with Gasteiger partial charge in [-0.15, -0.1) is 0 Å². The van der Waals surface area contributed by atoms with E-state index in [0.717, 1.165) is 4.47 Å². The number of hydrogen-bond donors (Lipinski definition) is 1. The molecule has 0 radical (unpaired) electrons. The molecule has 2 aromatic rings. The maximum atomic E-state index is 9.73. The lowest BCUT2D eigenvalue weighted by atomic mass is 10.2. The Morgan fingerprint density at radius 3 is 2.72 bits per heavy atom. The van der Waals surface area contributed by atoms with Crippen molar-refractivity contribution in [2.45, 2.75) is 0 Å². The van der Waals surface area contributed by atoms with E-state index in [1.54, 1.807) is 18.3 Å². The quantitative estimate of drug-likeness (QED) is 0.808. The van der Waals surface area contributed by atoms with Crippen LogP contribution in [0.5, 0.6) is 5.75 Å². The summed E-state index contributed by atoms with van der Waals surface area (Å²) in [7, 11) is 0. The van der Waals surface area contributed by atoms with Crippen molar-refractivity contribution < 1.29 is 5.11 Å². The summed E-state index contributed by atoms with van der Waals surface area (Å²) >= 11 is 14.9. The summed E-state index contributed by atoms with van der Waals surface area (Å²) in [5.74, 6) is 0.468. The molecule has 1 aromatic heterocycles. The van der Waals surface area contributed by atoms with Gasteiger partial charge in [0.1, 0.15) is 5.75 Å². The molecule has 0 amide bonds. The van der Waals surface area contributed by atoms with Gasteiger partial charge >= 0.3 is 0 Å². The third-order valence-electron chi connectivity index (χ3n) is 2.11. The fourth-order valence-electron chi connectivity index (χ4n) is 1.26. The molecule has 2 rings (SSSR count). The predicted molar refractivity (Wildman–Crippen MR) is 77.3 cm³/mol. The molecular weight excluding hydrogens is 339 g/mol. The van der Waals surface area contributed by atoms with Crippen molar-refractivity contribution in [3.63, 3.8) is 0 Å². The second kappa shape index (κ2) is 5.69. The Kier molecular flexibility index (Phi) is 4.22.